The van der Waals surface area contributed by atoms with Crippen LogP contribution in [0.2, 0.25) is 5.02 Å². The standard InChI is InChI=1S/C21H32ClN5.HI/c1-15(2)14-27-10-7-18(8-11-27)26-21(23-3)24-9-6-16-13-25-20-5-4-17(22)12-19(16)20;/h4-5,12-13,15,18,25H,6-11,14H2,1-3H3,(H2,23,24,26);1H. The smallest absolute Gasteiger partial charge is 0.191 e. The SMILES string of the molecule is CN=C(NCCc1c[nH]c2ccc(Cl)cc12)NC1CCN(CC(C)C)CC1.I. The minimum atomic E-state index is 0. The number of nitrogens with one attached hydrogen (secondary N) is 3. The Bertz CT molecular complexity index is 765. The van der Waals surface area contributed by atoms with Crippen molar-refractivity contribution in [1.29, 1.82) is 0 Å². The summed E-state index contributed by atoms with van der Waals surface area (Å²) in [7, 11) is 1.84. The summed E-state index contributed by atoms with van der Waals surface area (Å²) in [6.07, 6.45) is 5.35. The molecule has 5 nitrogen and oxygen atoms in total. The molecule has 2 heterocycles. The number of benzene rings is 1. The van der Waals surface area contributed by atoms with E-state index in [-0.39, 0.29) is 24.0 Å². The van der Waals surface area contributed by atoms with Gasteiger partial charge in [0, 0.05) is 61.4 Å². The van der Waals surface area contributed by atoms with Crippen molar-refractivity contribution in [3.63, 3.8) is 0 Å². The summed E-state index contributed by atoms with van der Waals surface area (Å²) < 4.78 is 0. The fraction of sp³-hybridized carbons (Fsp3) is 0.571. The van der Waals surface area contributed by atoms with E-state index in [0.29, 0.717) is 6.04 Å². The van der Waals surface area contributed by atoms with Crippen LogP contribution in [0, 0.1) is 5.92 Å². The zero-order valence-corrected chi connectivity index (χ0v) is 20.2. The van der Waals surface area contributed by atoms with E-state index in [2.05, 4.69) is 45.6 Å². The van der Waals surface area contributed by atoms with Crippen LogP contribution in [0.5, 0.6) is 0 Å². The number of halogens is 2. The molecule has 1 aromatic heterocycles. The van der Waals surface area contributed by atoms with Crippen LogP contribution in [0.1, 0.15) is 32.3 Å². The highest BCUT2D eigenvalue weighted by atomic mass is 127. The Morgan fingerprint density at radius 3 is 2.75 bits per heavy atom. The molecule has 0 amide bonds. The third kappa shape index (κ3) is 6.52. The fourth-order valence-corrected chi connectivity index (χ4v) is 4.01. The Labute approximate surface area is 190 Å². The van der Waals surface area contributed by atoms with Gasteiger partial charge in [-0.05, 0) is 48.9 Å². The van der Waals surface area contributed by atoms with E-state index in [9.17, 15) is 0 Å². The summed E-state index contributed by atoms with van der Waals surface area (Å²) in [5.74, 6) is 1.64. The number of aliphatic imine (C=N–C) groups is 1. The number of aromatic amines is 1. The molecular formula is C21H33ClIN5. The number of guanidine groups is 1. The lowest BCUT2D eigenvalue weighted by Gasteiger charge is -2.34. The van der Waals surface area contributed by atoms with Gasteiger partial charge in [0.05, 0.1) is 0 Å². The van der Waals surface area contributed by atoms with Gasteiger partial charge in [-0.3, -0.25) is 4.99 Å². The highest BCUT2D eigenvalue weighted by Crippen LogP contribution is 2.22. The molecule has 0 saturated carbocycles. The second kappa shape index (κ2) is 11.3. The largest absolute Gasteiger partial charge is 0.361 e. The van der Waals surface area contributed by atoms with Crippen molar-refractivity contribution < 1.29 is 0 Å². The minimum absolute atomic E-state index is 0. The lowest BCUT2D eigenvalue weighted by atomic mass is 10.0. The Balaban J connectivity index is 0.00000280. The number of fused-ring (bicyclic) bond motifs is 1. The third-order valence-corrected chi connectivity index (χ3v) is 5.43. The molecule has 0 spiro atoms. The van der Waals surface area contributed by atoms with Crippen LogP contribution in [0.15, 0.2) is 29.4 Å². The summed E-state index contributed by atoms with van der Waals surface area (Å²) in [6, 6.07) is 6.48. The second-order valence-electron chi connectivity index (χ2n) is 7.87. The molecule has 0 radical (unpaired) electrons. The van der Waals surface area contributed by atoms with Gasteiger partial charge in [-0.2, -0.15) is 0 Å². The van der Waals surface area contributed by atoms with Crippen LogP contribution in [-0.4, -0.2) is 55.1 Å². The number of hydrogen-bond donors (Lipinski definition) is 3. The van der Waals surface area contributed by atoms with Crippen LogP contribution < -0.4 is 10.6 Å². The molecule has 0 atom stereocenters. The number of likely N-dealkylation sites (tertiary alicyclic amines) is 1. The van der Waals surface area contributed by atoms with Gasteiger partial charge in [0.15, 0.2) is 5.96 Å². The molecule has 7 heteroatoms. The molecule has 28 heavy (non-hydrogen) atoms. The normalized spacial score (nSPS) is 16.4. The maximum Gasteiger partial charge on any atom is 0.191 e. The van der Waals surface area contributed by atoms with Gasteiger partial charge in [0.1, 0.15) is 0 Å². The zero-order valence-electron chi connectivity index (χ0n) is 17.1. The Kier molecular flexibility index (Phi) is 9.37. The molecule has 3 rings (SSSR count). The molecule has 1 fully saturated rings. The number of H-pyrrole nitrogens is 1. The summed E-state index contributed by atoms with van der Waals surface area (Å²) in [4.78, 5) is 10.3. The molecule has 1 saturated heterocycles. The van der Waals surface area contributed by atoms with Crippen molar-refractivity contribution in [2.24, 2.45) is 10.9 Å². The lowest BCUT2D eigenvalue weighted by molar-refractivity contribution is 0.187. The first-order valence-electron chi connectivity index (χ1n) is 10.00. The van der Waals surface area contributed by atoms with Crippen LogP contribution in [-0.2, 0) is 6.42 Å². The number of rotatable bonds is 6. The van der Waals surface area contributed by atoms with Gasteiger partial charge >= 0.3 is 0 Å². The molecule has 1 aliphatic heterocycles. The Hall–Kier alpha value is -0.990. The maximum absolute atomic E-state index is 6.14. The third-order valence-electron chi connectivity index (χ3n) is 5.19. The van der Waals surface area contributed by atoms with Crippen molar-refractivity contribution in [2.75, 3.05) is 33.2 Å². The molecule has 1 aromatic carbocycles. The van der Waals surface area contributed by atoms with Gasteiger partial charge in [0.2, 0.25) is 0 Å². The van der Waals surface area contributed by atoms with Gasteiger partial charge in [-0.25, -0.2) is 0 Å². The molecule has 0 aliphatic carbocycles. The first-order chi connectivity index (χ1) is 13.0. The molecule has 156 valence electrons. The quantitative estimate of drug-likeness (QED) is 0.305. The van der Waals surface area contributed by atoms with E-state index < -0.39 is 0 Å². The summed E-state index contributed by atoms with van der Waals surface area (Å²) in [6.45, 7) is 8.96. The second-order valence-corrected chi connectivity index (χ2v) is 8.30. The summed E-state index contributed by atoms with van der Waals surface area (Å²) in [5.41, 5.74) is 2.41. The molecule has 2 aromatic rings. The van der Waals surface area contributed by atoms with Gasteiger partial charge in [-0.1, -0.05) is 25.4 Å². The number of aromatic nitrogens is 1. The first kappa shape index (κ1) is 23.3. The highest BCUT2D eigenvalue weighted by Gasteiger charge is 2.20. The Morgan fingerprint density at radius 2 is 2.07 bits per heavy atom. The van der Waals surface area contributed by atoms with E-state index in [4.69, 9.17) is 11.6 Å². The molecule has 0 unspecified atom stereocenters. The van der Waals surface area contributed by atoms with E-state index >= 15 is 0 Å². The van der Waals surface area contributed by atoms with Crippen molar-refractivity contribution in [2.45, 2.75) is 39.2 Å². The maximum atomic E-state index is 6.14. The molecule has 1 aliphatic rings. The van der Waals surface area contributed by atoms with E-state index in [0.717, 1.165) is 35.4 Å². The van der Waals surface area contributed by atoms with Crippen LogP contribution in [0.4, 0.5) is 0 Å². The Morgan fingerprint density at radius 1 is 1.32 bits per heavy atom. The summed E-state index contributed by atoms with van der Waals surface area (Å²) in [5, 5.41) is 9.02. The van der Waals surface area contributed by atoms with Crippen LogP contribution >= 0.6 is 35.6 Å². The van der Waals surface area contributed by atoms with Gasteiger partial charge in [-0.15, -0.1) is 24.0 Å². The zero-order chi connectivity index (χ0) is 19.2. The number of piperidine rings is 1. The van der Waals surface area contributed by atoms with E-state index in [1.54, 1.807) is 0 Å². The van der Waals surface area contributed by atoms with Crippen molar-refractivity contribution in [3.05, 3.63) is 35.0 Å². The predicted octanol–water partition coefficient (Wildman–Crippen LogP) is 4.27. The average molecular weight is 518 g/mol. The topological polar surface area (TPSA) is 55.5 Å². The van der Waals surface area contributed by atoms with E-state index in [1.807, 2.05) is 25.2 Å². The predicted molar refractivity (Wildman–Crippen MR) is 131 cm³/mol. The molecule has 3 N–H and O–H groups in total. The van der Waals surface area contributed by atoms with Gasteiger partial charge in [0.25, 0.3) is 0 Å². The highest BCUT2D eigenvalue weighted by molar-refractivity contribution is 14.0. The monoisotopic (exact) mass is 517 g/mol. The van der Waals surface area contributed by atoms with Gasteiger partial charge < -0.3 is 20.5 Å². The van der Waals surface area contributed by atoms with Crippen LogP contribution in [0.25, 0.3) is 10.9 Å². The number of hydrogen-bond acceptors (Lipinski definition) is 2. The number of nitrogens with zero attached hydrogens (tertiary/aromatic N) is 2. The first-order valence-corrected chi connectivity index (χ1v) is 10.4. The van der Waals surface area contributed by atoms with Crippen LogP contribution in [0.3, 0.4) is 0 Å². The molecule has 0 bridgehead atoms. The summed E-state index contributed by atoms with van der Waals surface area (Å²) >= 11 is 6.14. The lowest BCUT2D eigenvalue weighted by Crippen LogP contribution is -2.49. The molecular weight excluding hydrogens is 485 g/mol. The van der Waals surface area contributed by atoms with Crippen molar-refractivity contribution >= 4 is 52.4 Å². The van der Waals surface area contributed by atoms with E-state index in [1.165, 1.54) is 43.4 Å². The van der Waals surface area contributed by atoms with Crippen molar-refractivity contribution in [3.8, 4) is 0 Å². The minimum Gasteiger partial charge on any atom is -0.361 e. The average Bonchev–Trinajstić information content (AvgIpc) is 3.04. The van der Waals surface area contributed by atoms with Crippen molar-refractivity contribution in [1.82, 2.24) is 20.5 Å². The fourth-order valence-electron chi connectivity index (χ4n) is 3.84.